The highest BCUT2D eigenvalue weighted by Gasteiger charge is 2.49. The van der Waals surface area contributed by atoms with Gasteiger partial charge in [0.05, 0.1) is 17.3 Å². The molecule has 3 rings (SSSR count). The van der Waals surface area contributed by atoms with Gasteiger partial charge in [-0.05, 0) is 37.1 Å². The second-order valence-corrected chi connectivity index (χ2v) is 4.47. The number of amides is 2. The first-order valence-electron chi connectivity index (χ1n) is 5.75. The Morgan fingerprint density at radius 2 is 1.89 bits per heavy atom. The van der Waals surface area contributed by atoms with Crippen LogP contribution in [0.5, 0.6) is 0 Å². The van der Waals surface area contributed by atoms with Gasteiger partial charge >= 0.3 is 6.09 Å². The van der Waals surface area contributed by atoms with Crippen molar-refractivity contribution in [3.05, 3.63) is 29.8 Å². The molecule has 2 fully saturated rings. The number of cyclic esters (lactones) is 1. The first-order valence-corrected chi connectivity index (χ1v) is 5.75. The van der Waals surface area contributed by atoms with E-state index in [-0.39, 0.29) is 11.8 Å². The average Bonchev–Trinajstić information content (AvgIpc) is 3.17. The molecule has 5 nitrogen and oxygen atoms in total. The Kier molecular flexibility index (Phi) is 2.30. The topological polar surface area (TPSA) is 70.4 Å². The minimum absolute atomic E-state index is 0.185. The van der Waals surface area contributed by atoms with Crippen LogP contribution < -0.4 is 4.90 Å². The van der Waals surface area contributed by atoms with E-state index >= 15 is 0 Å². The van der Waals surface area contributed by atoms with E-state index in [1.54, 1.807) is 24.3 Å². The first-order chi connectivity index (χ1) is 8.70. The van der Waals surface area contributed by atoms with Gasteiger partial charge in [-0.15, -0.1) is 0 Å². The monoisotopic (exact) mass is 242 g/mol. The van der Waals surface area contributed by atoms with Crippen LogP contribution in [0.3, 0.4) is 0 Å². The number of carbonyl (C=O) groups excluding carboxylic acids is 2. The molecular weight excluding hydrogens is 232 g/mol. The van der Waals surface area contributed by atoms with Crippen molar-refractivity contribution < 1.29 is 14.3 Å². The number of benzene rings is 1. The molecule has 18 heavy (non-hydrogen) atoms. The lowest BCUT2D eigenvalue weighted by Crippen LogP contribution is -2.31. The molecule has 1 aromatic carbocycles. The van der Waals surface area contributed by atoms with Crippen molar-refractivity contribution in [3.8, 4) is 6.07 Å². The summed E-state index contributed by atoms with van der Waals surface area (Å²) in [7, 11) is 0. The van der Waals surface area contributed by atoms with Crippen LogP contribution in [0, 0.1) is 17.2 Å². The molecule has 0 spiro atoms. The molecule has 5 heteroatoms. The van der Waals surface area contributed by atoms with Gasteiger partial charge < -0.3 is 4.74 Å². The Labute approximate surface area is 104 Å². The molecule has 1 aliphatic carbocycles. The lowest BCUT2D eigenvalue weighted by molar-refractivity contribution is -0.122. The maximum absolute atomic E-state index is 12.1. The SMILES string of the molecule is N#Cc1ccc(N2C(=O)OC(C3CC3)C2=O)cc1. The summed E-state index contributed by atoms with van der Waals surface area (Å²) in [5, 5.41) is 8.70. The van der Waals surface area contributed by atoms with Crippen molar-refractivity contribution in [2.75, 3.05) is 4.90 Å². The lowest BCUT2D eigenvalue weighted by Gasteiger charge is -2.10. The normalized spacial score (nSPS) is 22.8. The number of ether oxygens (including phenoxy) is 1. The second kappa shape index (κ2) is 3.84. The predicted molar refractivity (Wildman–Crippen MR) is 61.6 cm³/mol. The summed E-state index contributed by atoms with van der Waals surface area (Å²) in [6.45, 7) is 0. The van der Waals surface area contributed by atoms with Crippen LogP contribution in [0.2, 0.25) is 0 Å². The molecule has 2 aliphatic rings. The van der Waals surface area contributed by atoms with Gasteiger partial charge in [-0.3, -0.25) is 4.79 Å². The summed E-state index contributed by atoms with van der Waals surface area (Å²) >= 11 is 0. The number of anilines is 1. The zero-order valence-electron chi connectivity index (χ0n) is 9.50. The smallest absolute Gasteiger partial charge is 0.422 e. The van der Waals surface area contributed by atoms with E-state index in [2.05, 4.69) is 0 Å². The van der Waals surface area contributed by atoms with Gasteiger partial charge in [-0.2, -0.15) is 5.26 Å². The quantitative estimate of drug-likeness (QED) is 0.793. The Morgan fingerprint density at radius 3 is 2.44 bits per heavy atom. The Balaban J connectivity index is 1.88. The third kappa shape index (κ3) is 1.63. The van der Waals surface area contributed by atoms with E-state index in [0.717, 1.165) is 17.7 Å². The van der Waals surface area contributed by atoms with Crippen LogP contribution in [0.15, 0.2) is 24.3 Å². The molecule has 0 bridgehead atoms. The van der Waals surface area contributed by atoms with Crippen LogP contribution >= 0.6 is 0 Å². The summed E-state index contributed by atoms with van der Waals surface area (Å²) in [5.41, 5.74) is 0.935. The molecule has 1 saturated carbocycles. The van der Waals surface area contributed by atoms with Crippen LogP contribution in [-0.2, 0) is 9.53 Å². The third-order valence-corrected chi connectivity index (χ3v) is 3.18. The highest BCUT2D eigenvalue weighted by atomic mass is 16.6. The van der Waals surface area contributed by atoms with Crippen molar-refractivity contribution in [1.82, 2.24) is 0 Å². The van der Waals surface area contributed by atoms with Gasteiger partial charge in [0, 0.05) is 5.92 Å². The maximum Gasteiger partial charge on any atom is 0.422 e. The molecule has 1 atom stereocenters. The fourth-order valence-electron chi connectivity index (χ4n) is 2.04. The molecule has 1 heterocycles. The molecule has 1 saturated heterocycles. The second-order valence-electron chi connectivity index (χ2n) is 4.47. The van der Waals surface area contributed by atoms with Crippen molar-refractivity contribution in [2.45, 2.75) is 18.9 Å². The van der Waals surface area contributed by atoms with Gasteiger partial charge in [0.15, 0.2) is 6.10 Å². The summed E-state index contributed by atoms with van der Waals surface area (Å²) in [4.78, 5) is 24.8. The molecule has 0 N–H and O–H groups in total. The van der Waals surface area contributed by atoms with Crippen LogP contribution in [0.25, 0.3) is 0 Å². The third-order valence-electron chi connectivity index (χ3n) is 3.18. The number of rotatable bonds is 2. The van der Waals surface area contributed by atoms with Crippen LogP contribution in [-0.4, -0.2) is 18.1 Å². The van der Waals surface area contributed by atoms with Gasteiger partial charge in [-0.1, -0.05) is 0 Å². The molecule has 2 amide bonds. The van der Waals surface area contributed by atoms with Gasteiger partial charge in [-0.25, -0.2) is 9.69 Å². The molecule has 0 radical (unpaired) electrons. The number of carbonyl (C=O) groups is 2. The van der Waals surface area contributed by atoms with E-state index in [1.165, 1.54) is 0 Å². The number of hydrogen-bond acceptors (Lipinski definition) is 4. The van der Waals surface area contributed by atoms with E-state index in [1.807, 2.05) is 6.07 Å². The van der Waals surface area contributed by atoms with Crippen molar-refractivity contribution in [1.29, 1.82) is 5.26 Å². The largest absolute Gasteiger partial charge is 0.435 e. The molecule has 1 aliphatic heterocycles. The van der Waals surface area contributed by atoms with Crippen molar-refractivity contribution in [3.63, 3.8) is 0 Å². The van der Waals surface area contributed by atoms with Crippen LogP contribution in [0.4, 0.5) is 10.5 Å². The lowest BCUT2D eigenvalue weighted by atomic mass is 10.2. The van der Waals surface area contributed by atoms with Gasteiger partial charge in [0.25, 0.3) is 5.91 Å². The fourth-order valence-corrected chi connectivity index (χ4v) is 2.04. The zero-order chi connectivity index (χ0) is 12.7. The first kappa shape index (κ1) is 10.8. The summed E-state index contributed by atoms with van der Waals surface area (Å²) in [6, 6.07) is 8.28. The predicted octanol–water partition coefficient (Wildman–Crippen LogP) is 1.82. The molecule has 1 aromatic rings. The molecule has 1 unspecified atom stereocenters. The van der Waals surface area contributed by atoms with Crippen LogP contribution in [0.1, 0.15) is 18.4 Å². The van der Waals surface area contributed by atoms with Crippen molar-refractivity contribution >= 4 is 17.7 Å². The Bertz CT molecular complexity index is 555. The van der Waals surface area contributed by atoms with E-state index in [0.29, 0.717) is 11.3 Å². The molecular formula is C13H10N2O3. The molecule has 0 aromatic heterocycles. The van der Waals surface area contributed by atoms with E-state index < -0.39 is 12.2 Å². The standard InChI is InChI=1S/C13H10N2O3/c14-7-8-1-5-10(6-2-8)15-12(16)11(9-3-4-9)18-13(15)17/h1-2,5-6,9,11H,3-4H2. The highest BCUT2D eigenvalue weighted by molar-refractivity contribution is 6.18. The van der Waals surface area contributed by atoms with Gasteiger partial charge in [0.1, 0.15) is 0 Å². The maximum atomic E-state index is 12.1. The number of hydrogen-bond donors (Lipinski definition) is 0. The summed E-state index contributed by atoms with van der Waals surface area (Å²) < 4.78 is 5.09. The minimum atomic E-state index is -0.624. The molecule has 90 valence electrons. The average molecular weight is 242 g/mol. The zero-order valence-corrected chi connectivity index (χ0v) is 9.50. The van der Waals surface area contributed by atoms with E-state index in [4.69, 9.17) is 10.00 Å². The number of nitriles is 1. The number of imide groups is 1. The van der Waals surface area contributed by atoms with E-state index in [9.17, 15) is 9.59 Å². The summed E-state index contributed by atoms with van der Waals surface area (Å²) in [6.07, 6.45) is 0.630. The Morgan fingerprint density at radius 1 is 1.22 bits per heavy atom. The van der Waals surface area contributed by atoms with Crippen molar-refractivity contribution in [2.24, 2.45) is 5.92 Å². The minimum Gasteiger partial charge on any atom is -0.435 e. The Hall–Kier alpha value is -2.35. The summed E-state index contributed by atoms with van der Waals surface area (Å²) in [5.74, 6) is -0.114. The fraction of sp³-hybridized carbons (Fsp3) is 0.308. The number of nitrogens with zero attached hydrogens (tertiary/aromatic N) is 2. The highest BCUT2D eigenvalue weighted by Crippen LogP contribution is 2.38. The van der Waals surface area contributed by atoms with Gasteiger partial charge in [0.2, 0.25) is 0 Å².